The number of amides is 2. The molecule has 0 bridgehead atoms. The van der Waals surface area contributed by atoms with E-state index < -0.39 is 18.1 Å². The molecule has 1 fully saturated rings. The molecule has 1 saturated carbocycles. The van der Waals surface area contributed by atoms with Gasteiger partial charge in [-0.3, -0.25) is 0 Å². The molecule has 2 unspecified atom stereocenters. The van der Waals surface area contributed by atoms with Crippen LogP contribution in [0.2, 0.25) is 0 Å². The SMILES string of the molecule is NC(=O)NCCNC1CCCC(C(F)(F)F)C1. The first-order valence-corrected chi connectivity index (χ1v) is 5.73. The Hall–Kier alpha value is -0.980. The molecule has 1 aliphatic rings. The van der Waals surface area contributed by atoms with E-state index in [4.69, 9.17) is 5.73 Å². The highest BCUT2D eigenvalue weighted by atomic mass is 19.4. The van der Waals surface area contributed by atoms with E-state index in [1.165, 1.54) is 0 Å². The van der Waals surface area contributed by atoms with Crippen LogP contribution in [0, 0.1) is 5.92 Å². The van der Waals surface area contributed by atoms with Crippen LogP contribution in [0.4, 0.5) is 18.0 Å². The Morgan fingerprint density at radius 2 is 2.00 bits per heavy atom. The fourth-order valence-electron chi connectivity index (χ4n) is 2.13. The topological polar surface area (TPSA) is 67.2 Å². The molecular weight excluding hydrogens is 235 g/mol. The number of carbonyl (C=O) groups is 1. The van der Waals surface area contributed by atoms with Crippen molar-refractivity contribution in [3.05, 3.63) is 0 Å². The molecular formula is C10H18F3N3O. The molecule has 7 heteroatoms. The van der Waals surface area contributed by atoms with Crippen molar-refractivity contribution in [2.45, 2.75) is 37.9 Å². The molecule has 0 heterocycles. The lowest BCUT2D eigenvalue weighted by atomic mass is 9.85. The summed E-state index contributed by atoms with van der Waals surface area (Å²) in [4.78, 5) is 10.4. The van der Waals surface area contributed by atoms with Crippen molar-refractivity contribution in [1.29, 1.82) is 0 Å². The number of carbonyl (C=O) groups excluding carboxylic acids is 1. The number of alkyl halides is 3. The summed E-state index contributed by atoms with van der Waals surface area (Å²) in [5.74, 6) is -1.20. The van der Waals surface area contributed by atoms with Crippen molar-refractivity contribution in [3.8, 4) is 0 Å². The van der Waals surface area contributed by atoms with E-state index in [0.29, 0.717) is 19.5 Å². The van der Waals surface area contributed by atoms with Gasteiger partial charge < -0.3 is 16.4 Å². The summed E-state index contributed by atoms with van der Waals surface area (Å²) < 4.78 is 37.5. The van der Waals surface area contributed by atoms with Gasteiger partial charge in [0.15, 0.2) is 0 Å². The van der Waals surface area contributed by atoms with E-state index in [1.807, 2.05) is 0 Å². The summed E-state index contributed by atoms with van der Waals surface area (Å²) in [7, 11) is 0. The van der Waals surface area contributed by atoms with E-state index >= 15 is 0 Å². The van der Waals surface area contributed by atoms with Gasteiger partial charge in [-0.25, -0.2) is 4.79 Å². The van der Waals surface area contributed by atoms with Gasteiger partial charge in [0.1, 0.15) is 0 Å². The number of rotatable bonds is 4. The van der Waals surface area contributed by atoms with Crippen LogP contribution in [-0.2, 0) is 0 Å². The lowest BCUT2D eigenvalue weighted by Crippen LogP contribution is -2.42. The number of urea groups is 1. The summed E-state index contributed by atoms with van der Waals surface area (Å²) >= 11 is 0. The van der Waals surface area contributed by atoms with Crippen LogP contribution in [0.5, 0.6) is 0 Å². The van der Waals surface area contributed by atoms with Crippen molar-refractivity contribution < 1.29 is 18.0 Å². The second-order valence-corrected chi connectivity index (χ2v) is 4.35. The monoisotopic (exact) mass is 253 g/mol. The van der Waals surface area contributed by atoms with Gasteiger partial charge in [-0.1, -0.05) is 6.42 Å². The predicted molar refractivity (Wildman–Crippen MR) is 57.4 cm³/mol. The van der Waals surface area contributed by atoms with Crippen LogP contribution in [0.3, 0.4) is 0 Å². The zero-order valence-corrected chi connectivity index (χ0v) is 9.52. The van der Waals surface area contributed by atoms with Crippen LogP contribution < -0.4 is 16.4 Å². The molecule has 4 N–H and O–H groups in total. The third-order valence-corrected chi connectivity index (χ3v) is 2.99. The number of primary amides is 1. The summed E-state index contributed by atoms with van der Waals surface area (Å²) in [5.41, 5.74) is 4.86. The first-order chi connectivity index (χ1) is 7.89. The molecule has 0 aromatic rings. The normalized spacial score (nSPS) is 25.6. The molecule has 2 atom stereocenters. The minimum absolute atomic E-state index is 0.120. The van der Waals surface area contributed by atoms with Crippen molar-refractivity contribution in [2.24, 2.45) is 11.7 Å². The van der Waals surface area contributed by atoms with E-state index in [-0.39, 0.29) is 18.9 Å². The second-order valence-electron chi connectivity index (χ2n) is 4.35. The van der Waals surface area contributed by atoms with Gasteiger partial charge in [-0.05, 0) is 19.3 Å². The molecule has 1 aliphatic carbocycles. The van der Waals surface area contributed by atoms with Gasteiger partial charge in [-0.15, -0.1) is 0 Å². The zero-order valence-electron chi connectivity index (χ0n) is 9.52. The Kier molecular flexibility index (Phi) is 5.04. The van der Waals surface area contributed by atoms with Crippen LogP contribution in [0.1, 0.15) is 25.7 Å². The Morgan fingerprint density at radius 3 is 2.59 bits per heavy atom. The minimum atomic E-state index is -4.09. The van der Waals surface area contributed by atoms with E-state index in [0.717, 1.165) is 6.42 Å². The third kappa shape index (κ3) is 5.25. The van der Waals surface area contributed by atoms with Crippen molar-refractivity contribution in [1.82, 2.24) is 10.6 Å². The molecule has 0 spiro atoms. The first kappa shape index (κ1) is 14.1. The van der Waals surface area contributed by atoms with Crippen LogP contribution in [0.25, 0.3) is 0 Å². The Balaban J connectivity index is 2.23. The average molecular weight is 253 g/mol. The van der Waals surface area contributed by atoms with E-state index in [9.17, 15) is 18.0 Å². The number of hydrogen-bond acceptors (Lipinski definition) is 2. The van der Waals surface area contributed by atoms with Crippen molar-refractivity contribution in [3.63, 3.8) is 0 Å². The highest BCUT2D eigenvalue weighted by molar-refractivity contribution is 5.71. The molecule has 17 heavy (non-hydrogen) atoms. The van der Waals surface area contributed by atoms with Gasteiger partial charge in [0.05, 0.1) is 5.92 Å². The number of hydrogen-bond donors (Lipinski definition) is 3. The van der Waals surface area contributed by atoms with Crippen LogP contribution in [0.15, 0.2) is 0 Å². The lowest BCUT2D eigenvalue weighted by Gasteiger charge is -2.31. The fourth-order valence-corrected chi connectivity index (χ4v) is 2.13. The van der Waals surface area contributed by atoms with Crippen molar-refractivity contribution >= 4 is 6.03 Å². The Labute approximate surface area is 98.1 Å². The van der Waals surface area contributed by atoms with Gasteiger partial charge in [0, 0.05) is 19.1 Å². The molecule has 0 saturated heterocycles. The van der Waals surface area contributed by atoms with E-state index in [1.54, 1.807) is 0 Å². The second kappa shape index (κ2) is 6.09. The summed E-state index contributed by atoms with van der Waals surface area (Å²) in [6.07, 6.45) is -2.40. The zero-order chi connectivity index (χ0) is 12.9. The standard InChI is InChI=1S/C10H18F3N3O/c11-10(12,13)7-2-1-3-8(6-7)15-4-5-16-9(14)17/h7-8,15H,1-6H2,(H3,14,16,17). The molecule has 0 aromatic heterocycles. The molecule has 0 aliphatic heterocycles. The maximum absolute atomic E-state index is 12.5. The van der Waals surface area contributed by atoms with Gasteiger partial charge in [0.2, 0.25) is 0 Å². The smallest absolute Gasteiger partial charge is 0.352 e. The summed E-state index contributed by atoms with van der Waals surface area (Å²) in [6, 6.07) is -0.742. The van der Waals surface area contributed by atoms with Gasteiger partial charge >= 0.3 is 12.2 Å². The fraction of sp³-hybridized carbons (Fsp3) is 0.900. The molecule has 4 nitrogen and oxygen atoms in total. The number of nitrogens with one attached hydrogen (secondary N) is 2. The molecule has 2 amide bonds. The molecule has 0 radical (unpaired) electrons. The molecule has 100 valence electrons. The maximum atomic E-state index is 12.5. The molecule has 0 aromatic carbocycles. The highest BCUT2D eigenvalue weighted by Crippen LogP contribution is 2.37. The van der Waals surface area contributed by atoms with Crippen molar-refractivity contribution in [2.75, 3.05) is 13.1 Å². The summed E-state index contributed by atoms with van der Waals surface area (Å²) in [5, 5.41) is 5.39. The lowest BCUT2D eigenvalue weighted by molar-refractivity contribution is -0.183. The largest absolute Gasteiger partial charge is 0.391 e. The number of nitrogens with two attached hydrogens (primary N) is 1. The van der Waals surface area contributed by atoms with E-state index in [2.05, 4.69) is 10.6 Å². The average Bonchev–Trinajstić information content (AvgIpc) is 2.23. The predicted octanol–water partition coefficient (Wildman–Crippen LogP) is 1.37. The minimum Gasteiger partial charge on any atom is -0.352 e. The Bertz CT molecular complexity index is 258. The Morgan fingerprint density at radius 1 is 1.29 bits per heavy atom. The third-order valence-electron chi connectivity index (χ3n) is 2.99. The van der Waals surface area contributed by atoms with Gasteiger partial charge in [-0.2, -0.15) is 13.2 Å². The van der Waals surface area contributed by atoms with Crippen LogP contribution in [-0.4, -0.2) is 31.3 Å². The number of halogens is 3. The highest BCUT2D eigenvalue weighted by Gasteiger charge is 2.41. The molecule has 1 rings (SSSR count). The van der Waals surface area contributed by atoms with Crippen LogP contribution >= 0.6 is 0 Å². The quantitative estimate of drug-likeness (QED) is 0.662. The summed E-state index contributed by atoms with van der Waals surface area (Å²) in [6.45, 7) is 0.778. The van der Waals surface area contributed by atoms with Gasteiger partial charge in [0.25, 0.3) is 0 Å². The first-order valence-electron chi connectivity index (χ1n) is 5.73. The maximum Gasteiger partial charge on any atom is 0.391 e.